The van der Waals surface area contributed by atoms with Crippen molar-refractivity contribution in [2.24, 2.45) is 11.3 Å². The van der Waals surface area contributed by atoms with E-state index in [4.69, 9.17) is 13.9 Å². The molecule has 3 aromatic rings. The van der Waals surface area contributed by atoms with Crippen molar-refractivity contribution in [1.29, 1.82) is 0 Å². The molecule has 0 bridgehead atoms. The number of methoxy groups -OCH3 is 1. The largest absolute Gasteiger partial charge is 0.456 e. The van der Waals surface area contributed by atoms with Crippen molar-refractivity contribution in [3.8, 4) is 0 Å². The third kappa shape index (κ3) is 6.66. The lowest BCUT2D eigenvalue weighted by atomic mass is 9.92. The maximum Gasteiger partial charge on any atom is 0.432 e. The van der Waals surface area contributed by atoms with Gasteiger partial charge in [-0.1, -0.05) is 112 Å². The van der Waals surface area contributed by atoms with Crippen molar-refractivity contribution in [3.05, 3.63) is 108 Å². The van der Waals surface area contributed by atoms with Gasteiger partial charge in [0.05, 0.1) is 0 Å². The molecular weight excluding hydrogens is 626 g/mol. The highest BCUT2D eigenvalue weighted by Crippen LogP contribution is 2.67. The first-order valence-electron chi connectivity index (χ1n) is 16.1. The van der Waals surface area contributed by atoms with E-state index < -0.39 is 55.4 Å². The molecule has 2 aliphatic carbocycles. The molecule has 0 unspecified atom stereocenters. The van der Waals surface area contributed by atoms with E-state index in [9.17, 15) is 18.0 Å². The van der Waals surface area contributed by atoms with E-state index in [0.717, 1.165) is 18.2 Å². The Morgan fingerprint density at radius 3 is 1.81 bits per heavy atom. The highest BCUT2D eigenvalue weighted by Gasteiger charge is 2.76. The summed E-state index contributed by atoms with van der Waals surface area (Å²) in [5, 5.41) is -0.158. The van der Waals surface area contributed by atoms with Crippen LogP contribution in [0.5, 0.6) is 0 Å². The highest BCUT2D eigenvalue weighted by atomic mass is 28.4. The first kappa shape index (κ1) is 35.3. The molecule has 0 spiro atoms. The third-order valence-corrected chi connectivity index (χ3v) is 15.0. The van der Waals surface area contributed by atoms with Gasteiger partial charge in [-0.05, 0) is 41.6 Å². The van der Waals surface area contributed by atoms with Gasteiger partial charge in [0.1, 0.15) is 6.10 Å². The Kier molecular flexibility index (Phi) is 9.83. The van der Waals surface area contributed by atoms with E-state index in [0.29, 0.717) is 19.5 Å². The van der Waals surface area contributed by atoms with Gasteiger partial charge in [0.25, 0.3) is 5.60 Å². The number of hydrogen-bond donors (Lipinski definition) is 0. The number of carbonyl (C=O) groups is 1. The molecule has 2 saturated carbocycles. The molecular formula is C37H45F4NO4Si. The summed E-state index contributed by atoms with van der Waals surface area (Å²) < 4.78 is 79.2. The summed E-state index contributed by atoms with van der Waals surface area (Å²) in [6.45, 7) is 11.3. The van der Waals surface area contributed by atoms with Crippen molar-refractivity contribution in [2.75, 3.05) is 13.7 Å². The van der Waals surface area contributed by atoms with Gasteiger partial charge in [0, 0.05) is 43.8 Å². The molecule has 0 saturated heterocycles. The molecule has 3 aromatic carbocycles. The summed E-state index contributed by atoms with van der Waals surface area (Å²) in [5.74, 6) is -1.98. The Hall–Kier alpha value is -3.05. The van der Waals surface area contributed by atoms with Gasteiger partial charge in [0.15, 0.2) is 14.5 Å². The minimum Gasteiger partial charge on any atom is -0.456 e. The van der Waals surface area contributed by atoms with Gasteiger partial charge < -0.3 is 13.9 Å². The maximum absolute atomic E-state index is 17.2. The fraction of sp³-hybridized carbons (Fsp3) is 0.486. The molecule has 2 fully saturated rings. The topological polar surface area (TPSA) is 48.0 Å². The zero-order chi connectivity index (χ0) is 34.3. The fourth-order valence-corrected chi connectivity index (χ4v) is 7.82. The normalized spacial score (nSPS) is 25.7. The molecule has 0 aromatic heterocycles. The van der Waals surface area contributed by atoms with Crippen LogP contribution in [0.25, 0.3) is 0 Å². The SMILES string of the molecule is CO[C@@](C(=O)O[C@H]1[C@H](F)[C@H](N(Cc2ccccc2)Cc2ccccc2)[C@H]2C[C@]21CO[Si](C)(C)C(C)(C)C)(c1ccccc1)C(F)(F)F. The summed E-state index contributed by atoms with van der Waals surface area (Å²) in [6, 6.07) is 25.3. The average molecular weight is 672 g/mol. The molecule has 254 valence electrons. The van der Waals surface area contributed by atoms with Crippen LogP contribution in [0, 0.1) is 11.3 Å². The standard InChI is InChI=1S/C37H45F4NO4Si/c1-34(2,3)47(5,6)45-25-35-22-29(35)31(42(23-26-16-10-7-11-17-26)24-27-18-12-8-13-19-27)30(38)32(35)46-33(43)36(44-4,37(39,40)41)28-20-14-9-15-21-28/h7-21,29-32H,22-25H2,1-6H3/t29-,30-,31-,32+,35+,36-/m1/s1. The number of carbonyl (C=O) groups excluding carboxylic acids is 1. The third-order valence-electron chi connectivity index (χ3n) is 10.6. The summed E-state index contributed by atoms with van der Waals surface area (Å²) in [5.41, 5.74) is -2.90. The lowest BCUT2D eigenvalue weighted by molar-refractivity contribution is -0.280. The molecule has 0 amide bonds. The van der Waals surface area contributed by atoms with Crippen LogP contribution in [0.3, 0.4) is 0 Å². The van der Waals surface area contributed by atoms with Gasteiger partial charge in [-0.2, -0.15) is 13.2 Å². The van der Waals surface area contributed by atoms with E-state index in [-0.39, 0.29) is 17.6 Å². The molecule has 0 heterocycles. The predicted molar refractivity (Wildman–Crippen MR) is 176 cm³/mol. The Morgan fingerprint density at radius 1 is 0.872 bits per heavy atom. The number of alkyl halides is 4. The molecule has 0 radical (unpaired) electrons. The zero-order valence-electron chi connectivity index (χ0n) is 27.9. The van der Waals surface area contributed by atoms with Crippen LogP contribution in [0.4, 0.5) is 17.6 Å². The number of nitrogens with zero attached hydrogens (tertiary/aromatic N) is 1. The van der Waals surface area contributed by atoms with E-state index in [2.05, 4.69) is 33.9 Å². The molecule has 47 heavy (non-hydrogen) atoms. The quantitative estimate of drug-likeness (QED) is 0.110. The van der Waals surface area contributed by atoms with E-state index in [1.54, 1.807) is 6.07 Å². The lowest BCUT2D eigenvalue weighted by Crippen LogP contribution is -2.54. The van der Waals surface area contributed by atoms with Crippen molar-refractivity contribution >= 4 is 14.3 Å². The maximum atomic E-state index is 17.2. The molecule has 5 nitrogen and oxygen atoms in total. The number of esters is 1. The summed E-state index contributed by atoms with van der Waals surface area (Å²) in [7, 11) is -1.54. The van der Waals surface area contributed by atoms with E-state index in [1.165, 1.54) is 24.3 Å². The first-order valence-corrected chi connectivity index (χ1v) is 19.0. The Labute approximate surface area is 276 Å². The van der Waals surface area contributed by atoms with Gasteiger partial charge in [-0.3, -0.25) is 4.90 Å². The average Bonchev–Trinajstić information content (AvgIpc) is 3.68. The van der Waals surface area contributed by atoms with Gasteiger partial charge >= 0.3 is 12.1 Å². The van der Waals surface area contributed by atoms with Crippen LogP contribution in [0.2, 0.25) is 18.1 Å². The van der Waals surface area contributed by atoms with Crippen LogP contribution < -0.4 is 0 Å². The fourth-order valence-electron chi connectivity index (χ4n) is 6.76. The second-order valence-electron chi connectivity index (χ2n) is 14.5. The van der Waals surface area contributed by atoms with Crippen molar-refractivity contribution in [3.63, 3.8) is 0 Å². The Bertz CT molecular complexity index is 1460. The van der Waals surface area contributed by atoms with Crippen LogP contribution >= 0.6 is 0 Å². The minimum atomic E-state index is -5.18. The molecule has 6 atom stereocenters. The number of rotatable bonds is 12. The van der Waals surface area contributed by atoms with Crippen LogP contribution in [0.15, 0.2) is 91.0 Å². The molecule has 0 N–H and O–H groups in total. The van der Waals surface area contributed by atoms with Crippen LogP contribution in [-0.2, 0) is 37.4 Å². The summed E-state index contributed by atoms with van der Waals surface area (Å²) in [6.07, 6.45) is -7.96. The van der Waals surface area contributed by atoms with E-state index >= 15 is 4.39 Å². The monoisotopic (exact) mass is 671 g/mol. The van der Waals surface area contributed by atoms with Crippen LogP contribution in [0.1, 0.15) is 43.9 Å². The van der Waals surface area contributed by atoms with Crippen molar-refractivity contribution in [2.45, 2.75) is 88.5 Å². The lowest BCUT2D eigenvalue weighted by Gasteiger charge is -2.39. The molecule has 10 heteroatoms. The van der Waals surface area contributed by atoms with Crippen molar-refractivity contribution < 1.29 is 36.3 Å². The summed E-state index contributed by atoms with van der Waals surface area (Å²) >= 11 is 0. The second-order valence-corrected chi connectivity index (χ2v) is 19.3. The number of fused-ring (bicyclic) bond motifs is 1. The van der Waals surface area contributed by atoms with Gasteiger partial charge in [0.2, 0.25) is 0 Å². The van der Waals surface area contributed by atoms with Crippen LogP contribution in [-0.4, -0.2) is 57.4 Å². The van der Waals surface area contributed by atoms with Crippen molar-refractivity contribution in [1.82, 2.24) is 4.90 Å². The van der Waals surface area contributed by atoms with Gasteiger partial charge in [-0.15, -0.1) is 0 Å². The first-order chi connectivity index (χ1) is 22.1. The highest BCUT2D eigenvalue weighted by molar-refractivity contribution is 6.74. The molecule has 2 aliphatic rings. The smallest absolute Gasteiger partial charge is 0.432 e. The number of halogens is 4. The van der Waals surface area contributed by atoms with Gasteiger partial charge in [-0.25, -0.2) is 9.18 Å². The Balaban J connectivity index is 1.54. The summed E-state index contributed by atoms with van der Waals surface area (Å²) in [4.78, 5) is 15.9. The number of hydrogen-bond acceptors (Lipinski definition) is 5. The molecule has 0 aliphatic heterocycles. The number of ether oxygens (including phenoxy) is 2. The predicted octanol–water partition coefficient (Wildman–Crippen LogP) is 8.45. The Morgan fingerprint density at radius 2 is 1.36 bits per heavy atom. The van der Waals surface area contributed by atoms with E-state index in [1.807, 2.05) is 65.6 Å². The zero-order valence-corrected chi connectivity index (χ0v) is 28.9. The molecule has 5 rings (SSSR count). The number of benzene rings is 3. The second kappa shape index (κ2) is 13.1. The minimum absolute atomic E-state index is 0.0882.